The molecule has 1 aliphatic heterocycles. The number of rotatable bonds is 3. The molecule has 0 bridgehead atoms. The van der Waals surface area contributed by atoms with E-state index in [9.17, 15) is 24.6 Å². The summed E-state index contributed by atoms with van der Waals surface area (Å²) < 4.78 is 13.9. The van der Waals surface area contributed by atoms with Crippen LogP contribution in [0, 0.1) is 27.3 Å². The van der Waals surface area contributed by atoms with Crippen molar-refractivity contribution >= 4 is 27.8 Å². The quantitative estimate of drug-likeness (QED) is 0.602. The molecule has 29 heavy (non-hydrogen) atoms. The third-order valence-corrected chi connectivity index (χ3v) is 6.16. The maximum absolute atomic E-state index is 13.9. The third-order valence-electron chi connectivity index (χ3n) is 5.06. The van der Waals surface area contributed by atoms with Crippen molar-refractivity contribution in [3.8, 4) is 6.07 Å². The van der Waals surface area contributed by atoms with Crippen LogP contribution in [0.4, 0.5) is 15.1 Å². The molecule has 0 fully saturated rings. The summed E-state index contributed by atoms with van der Waals surface area (Å²) in [4.78, 5) is 25.6. The van der Waals surface area contributed by atoms with Gasteiger partial charge in [0.1, 0.15) is 11.6 Å². The molecule has 0 unspecified atom stereocenters. The summed E-state index contributed by atoms with van der Waals surface area (Å²) in [6.07, 6.45) is 1.45. The molecule has 0 radical (unpaired) electrons. The molecule has 0 saturated carbocycles. The van der Waals surface area contributed by atoms with E-state index in [1.165, 1.54) is 24.3 Å². The highest BCUT2D eigenvalue weighted by molar-refractivity contribution is 7.15. The number of nitriles is 1. The number of halogens is 1. The van der Waals surface area contributed by atoms with Gasteiger partial charge in [-0.05, 0) is 37.1 Å². The number of Topliss-reactive ketones (excluding diaryl/α,β-unsaturated/α-hetero) is 1. The lowest BCUT2D eigenvalue weighted by atomic mass is 9.78. The Morgan fingerprint density at radius 3 is 2.76 bits per heavy atom. The fraction of sp³-hybridized carbons (Fsp3) is 0.200. The minimum absolute atomic E-state index is 0.0752. The van der Waals surface area contributed by atoms with Crippen LogP contribution >= 0.6 is 11.3 Å². The maximum Gasteiger partial charge on any atom is 0.324 e. The van der Waals surface area contributed by atoms with Gasteiger partial charge < -0.3 is 5.73 Å². The van der Waals surface area contributed by atoms with Crippen LogP contribution < -0.4 is 10.6 Å². The van der Waals surface area contributed by atoms with Crippen molar-refractivity contribution in [1.29, 1.82) is 5.26 Å². The zero-order valence-electron chi connectivity index (χ0n) is 15.1. The number of allylic oxidation sites excluding steroid dienone is 3. The van der Waals surface area contributed by atoms with Gasteiger partial charge in [0.2, 0.25) is 0 Å². The summed E-state index contributed by atoms with van der Waals surface area (Å²) >= 11 is 0.921. The van der Waals surface area contributed by atoms with Gasteiger partial charge in [0.15, 0.2) is 5.78 Å². The number of nitro groups is 1. The van der Waals surface area contributed by atoms with Crippen LogP contribution in [0.15, 0.2) is 59.1 Å². The number of benzene rings is 1. The minimum Gasteiger partial charge on any atom is -0.384 e. The minimum atomic E-state index is -0.758. The average molecular weight is 410 g/mol. The summed E-state index contributed by atoms with van der Waals surface area (Å²) in [5.41, 5.74) is 7.92. The standard InChI is InChI=1S/C20H15FN4O3S/c21-11-3-1-4-12(9-11)24-14-5-2-6-15(26)19(14)18(13(10-22)20(24)23)16-7-8-17(29-16)25(27)28/h1,3-4,7-9,18H,2,5-6,23H2/t18-/m0/s1. The Kier molecular flexibility index (Phi) is 4.64. The molecular formula is C20H15FN4O3S. The predicted molar refractivity (Wildman–Crippen MR) is 105 cm³/mol. The fourth-order valence-corrected chi connectivity index (χ4v) is 4.82. The molecule has 4 rings (SSSR count). The molecule has 146 valence electrons. The number of carbonyl (C=O) groups excluding carboxylic acids is 1. The number of ketones is 1. The fourth-order valence-electron chi connectivity index (χ4n) is 3.88. The molecule has 2 aliphatic rings. The van der Waals surface area contributed by atoms with E-state index < -0.39 is 16.7 Å². The van der Waals surface area contributed by atoms with Gasteiger partial charge in [-0.15, -0.1) is 0 Å². The number of anilines is 1. The number of thiophene rings is 1. The van der Waals surface area contributed by atoms with Gasteiger partial charge in [-0.2, -0.15) is 5.26 Å². The van der Waals surface area contributed by atoms with E-state index >= 15 is 0 Å². The van der Waals surface area contributed by atoms with E-state index in [0.717, 1.165) is 11.3 Å². The lowest BCUT2D eigenvalue weighted by Gasteiger charge is -2.39. The number of nitrogens with two attached hydrogens (primary N) is 1. The Balaban J connectivity index is 1.95. The summed E-state index contributed by atoms with van der Waals surface area (Å²) in [6.45, 7) is 0. The van der Waals surface area contributed by atoms with E-state index in [1.807, 2.05) is 0 Å². The predicted octanol–water partition coefficient (Wildman–Crippen LogP) is 4.10. The van der Waals surface area contributed by atoms with Crippen LogP contribution in [0.1, 0.15) is 30.1 Å². The summed E-state index contributed by atoms with van der Waals surface area (Å²) in [5, 5.41) is 20.9. The lowest BCUT2D eigenvalue weighted by Crippen LogP contribution is -2.38. The van der Waals surface area contributed by atoms with Crippen LogP contribution in [0.25, 0.3) is 0 Å². The highest BCUT2D eigenvalue weighted by Gasteiger charge is 2.41. The first kappa shape index (κ1) is 18.8. The largest absolute Gasteiger partial charge is 0.384 e. The number of hydrogen-bond donors (Lipinski definition) is 1. The molecule has 0 spiro atoms. The molecular weight excluding hydrogens is 395 g/mol. The van der Waals surface area contributed by atoms with Crippen LogP contribution in [-0.4, -0.2) is 10.7 Å². The van der Waals surface area contributed by atoms with Crippen molar-refractivity contribution in [1.82, 2.24) is 0 Å². The lowest BCUT2D eigenvalue weighted by molar-refractivity contribution is -0.380. The Morgan fingerprint density at radius 2 is 2.10 bits per heavy atom. The molecule has 1 atom stereocenters. The van der Waals surface area contributed by atoms with Gasteiger partial charge in [0.05, 0.1) is 28.2 Å². The zero-order chi connectivity index (χ0) is 20.7. The summed E-state index contributed by atoms with van der Waals surface area (Å²) in [6, 6.07) is 10.8. The van der Waals surface area contributed by atoms with Gasteiger partial charge in [0.25, 0.3) is 0 Å². The average Bonchev–Trinajstić information content (AvgIpc) is 3.17. The zero-order valence-corrected chi connectivity index (χ0v) is 15.9. The molecule has 9 heteroatoms. The second-order valence-electron chi connectivity index (χ2n) is 6.73. The molecule has 1 aromatic heterocycles. The molecule has 7 nitrogen and oxygen atoms in total. The molecule has 2 aromatic rings. The maximum atomic E-state index is 13.9. The third kappa shape index (κ3) is 3.07. The summed E-state index contributed by atoms with van der Waals surface area (Å²) in [5.74, 6) is -1.25. The first-order valence-corrected chi connectivity index (χ1v) is 9.69. The van der Waals surface area contributed by atoms with Gasteiger partial charge in [-0.25, -0.2) is 4.39 Å². The molecule has 1 aliphatic carbocycles. The van der Waals surface area contributed by atoms with E-state index in [1.54, 1.807) is 17.0 Å². The van der Waals surface area contributed by atoms with Gasteiger partial charge in [-0.3, -0.25) is 19.8 Å². The Labute approximate surface area is 169 Å². The highest BCUT2D eigenvalue weighted by Crippen LogP contribution is 2.48. The van der Waals surface area contributed by atoms with Gasteiger partial charge >= 0.3 is 5.00 Å². The van der Waals surface area contributed by atoms with E-state index in [-0.39, 0.29) is 22.2 Å². The van der Waals surface area contributed by atoms with Crippen LogP contribution in [0.5, 0.6) is 0 Å². The highest BCUT2D eigenvalue weighted by atomic mass is 32.1. The Bertz CT molecular complexity index is 1140. The van der Waals surface area contributed by atoms with Crippen molar-refractivity contribution in [3.63, 3.8) is 0 Å². The topological polar surface area (TPSA) is 113 Å². The Hall–Kier alpha value is -3.51. The van der Waals surface area contributed by atoms with Gasteiger partial charge in [0, 0.05) is 28.6 Å². The van der Waals surface area contributed by atoms with Crippen LogP contribution in [-0.2, 0) is 4.79 Å². The monoisotopic (exact) mass is 410 g/mol. The van der Waals surface area contributed by atoms with Crippen molar-refractivity contribution in [3.05, 3.63) is 79.9 Å². The molecule has 0 saturated heterocycles. The van der Waals surface area contributed by atoms with Crippen molar-refractivity contribution < 1.29 is 14.1 Å². The van der Waals surface area contributed by atoms with Crippen LogP contribution in [0.2, 0.25) is 0 Å². The van der Waals surface area contributed by atoms with Crippen LogP contribution in [0.3, 0.4) is 0 Å². The van der Waals surface area contributed by atoms with Crippen molar-refractivity contribution in [2.45, 2.75) is 25.2 Å². The van der Waals surface area contributed by atoms with E-state index in [0.29, 0.717) is 41.1 Å². The second-order valence-corrected chi connectivity index (χ2v) is 7.82. The molecule has 0 amide bonds. The first-order chi connectivity index (χ1) is 13.9. The molecule has 2 heterocycles. The normalized spacial score (nSPS) is 19.2. The molecule has 1 aromatic carbocycles. The summed E-state index contributed by atoms with van der Waals surface area (Å²) in [7, 11) is 0. The number of carbonyl (C=O) groups is 1. The van der Waals surface area contributed by atoms with E-state index in [2.05, 4.69) is 6.07 Å². The molecule has 2 N–H and O–H groups in total. The van der Waals surface area contributed by atoms with E-state index in [4.69, 9.17) is 5.73 Å². The first-order valence-electron chi connectivity index (χ1n) is 8.88. The van der Waals surface area contributed by atoms with Crippen molar-refractivity contribution in [2.75, 3.05) is 4.90 Å². The second kappa shape index (κ2) is 7.14. The number of nitrogens with zero attached hydrogens (tertiary/aromatic N) is 3. The van der Waals surface area contributed by atoms with Gasteiger partial charge in [-0.1, -0.05) is 17.4 Å². The Morgan fingerprint density at radius 1 is 1.31 bits per heavy atom. The smallest absolute Gasteiger partial charge is 0.324 e. The van der Waals surface area contributed by atoms with Crippen molar-refractivity contribution in [2.24, 2.45) is 5.73 Å². The SMILES string of the molecule is N#CC1=C(N)N(c2cccc(F)c2)C2=C(C(=O)CCC2)[C@@H]1c1ccc([N+](=O)[O-])s1. The number of hydrogen-bond acceptors (Lipinski definition) is 7.